The van der Waals surface area contributed by atoms with Crippen LogP contribution >= 0.6 is 0 Å². The van der Waals surface area contributed by atoms with Gasteiger partial charge in [0.1, 0.15) is 12.4 Å². The SMILES string of the molecule is CC(C)(O)COc1ccc(C=Cc2cc3c(ccc4c5c([nH]c43)CCNC5=O)cn2)cc1. The average molecular weight is 428 g/mol. The number of amides is 1. The van der Waals surface area contributed by atoms with Gasteiger partial charge in [-0.25, -0.2) is 0 Å². The molecule has 6 heteroatoms. The Morgan fingerprint density at radius 3 is 2.72 bits per heavy atom. The molecule has 2 aromatic carbocycles. The smallest absolute Gasteiger partial charge is 0.253 e. The van der Waals surface area contributed by atoms with Gasteiger partial charge in [-0.3, -0.25) is 9.78 Å². The van der Waals surface area contributed by atoms with Gasteiger partial charge in [-0.05, 0) is 43.7 Å². The number of carbonyl (C=O) groups excluding carboxylic acids is 1. The summed E-state index contributed by atoms with van der Waals surface area (Å²) in [5.74, 6) is 0.705. The van der Waals surface area contributed by atoms with Crippen LogP contribution < -0.4 is 10.1 Å². The molecule has 3 heterocycles. The standard InChI is InChI=1S/C26H25N3O3/c1-26(2,31)15-32-19-8-4-16(5-9-19)3-7-18-13-21-17(14-28-18)6-10-20-23-22(29-24(20)21)11-12-27-25(23)30/h3-10,13-14,29,31H,11-12,15H2,1-2H3,(H,27,30). The molecule has 0 fully saturated rings. The predicted octanol–water partition coefficient (Wildman–Crippen LogP) is 4.32. The first-order valence-corrected chi connectivity index (χ1v) is 10.7. The fourth-order valence-electron chi connectivity index (χ4n) is 4.00. The van der Waals surface area contributed by atoms with E-state index in [4.69, 9.17) is 4.74 Å². The third-order valence-corrected chi connectivity index (χ3v) is 5.58. The van der Waals surface area contributed by atoms with Crippen molar-refractivity contribution in [1.29, 1.82) is 0 Å². The Kier molecular flexibility index (Phi) is 4.94. The highest BCUT2D eigenvalue weighted by atomic mass is 16.5. The van der Waals surface area contributed by atoms with Crippen molar-refractivity contribution in [3.63, 3.8) is 0 Å². The van der Waals surface area contributed by atoms with Crippen molar-refractivity contribution in [2.45, 2.75) is 25.9 Å². The highest BCUT2D eigenvalue weighted by Gasteiger charge is 2.22. The van der Waals surface area contributed by atoms with Gasteiger partial charge in [-0.1, -0.05) is 30.3 Å². The topological polar surface area (TPSA) is 87.2 Å². The highest BCUT2D eigenvalue weighted by molar-refractivity contribution is 6.15. The molecule has 32 heavy (non-hydrogen) atoms. The van der Waals surface area contributed by atoms with Crippen LogP contribution in [0.4, 0.5) is 0 Å². The van der Waals surface area contributed by atoms with Gasteiger partial charge in [0.05, 0.1) is 22.4 Å². The second-order valence-corrected chi connectivity index (χ2v) is 8.81. The lowest BCUT2D eigenvalue weighted by atomic mass is 10.0. The van der Waals surface area contributed by atoms with Gasteiger partial charge in [-0.15, -0.1) is 0 Å². The Morgan fingerprint density at radius 2 is 1.94 bits per heavy atom. The summed E-state index contributed by atoms with van der Waals surface area (Å²) < 4.78 is 5.60. The molecule has 6 nitrogen and oxygen atoms in total. The second-order valence-electron chi connectivity index (χ2n) is 8.81. The maximum atomic E-state index is 12.4. The van der Waals surface area contributed by atoms with Crippen LogP contribution in [0.1, 0.15) is 41.2 Å². The summed E-state index contributed by atoms with van der Waals surface area (Å²) in [5.41, 5.74) is 3.73. The molecule has 162 valence electrons. The monoisotopic (exact) mass is 427 g/mol. The van der Waals surface area contributed by atoms with Gasteiger partial charge in [0, 0.05) is 41.0 Å². The van der Waals surface area contributed by atoms with Crippen LogP contribution in [0.5, 0.6) is 5.75 Å². The van der Waals surface area contributed by atoms with Gasteiger partial charge < -0.3 is 20.1 Å². The van der Waals surface area contributed by atoms with Crippen molar-refractivity contribution in [3.8, 4) is 5.75 Å². The van der Waals surface area contributed by atoms with E-state index in [1.54, 1.807) is 13.8 Å². The summed E-state index contributed by atoms with van der Waals surface area (Å²) >= 11 is 0. The van der Waals surface area contributed by atoms with Crippen molar-refractivity contribution in [1.82, 2.24) is 15.3 Å². The number of aromatic amines is 1. The van der Waals surface area contributed by atoms with Crippen molar-refractivity contribution >= 4 is 39.7 Å². The first kappa shape index (κ1) is 20.3. The van der Waals surface area contributed by atoms with Crippen LogP contribution in [-0.4, -0.2) is 39.7 Å². The molecule has 0 unspecified atom stereocenters. The van der Waals surface area contributed by atoms with Crippen LogP contribution in [0.15, 0.2) is 48.7 Å². The number of pyridine rings is 1. The van der Waals surface area contributed by atoms with E-state index in [9.17, 15) is 9.90 Å². The number of hydrogen-bond donors (Lipinski definition) is 3. The number of H-pyrrole nitrogens is 1. The molecular formula is C26H25N3O3. The Labute approximate surface area is 185 Å². The number of hydrogen-bond acceptors (Lipinski definition) is 4. The third-order valence-electron chi connectivity index (χ3n) is 5.58. The zero-order valence-corrected chi connectivity index (χ0v) is 18.1. The zero-order valence-electron chi connectivity index (χ0n) is 18.1. The maximum absolute atomic E-state index is 12.4. The number of benzene rings is 2. The molecule has 5 rings (SSSR count). The van der Waals surface area contributed by atoms with Gasteiger partial charge >= 0.3 is 0 Å². The largest absolute Gasteiger partial charge is 0.491 e. The van der Waals surface area contributed by atoms with Crippen LogP contribution in [0, 0.1) is 0 Å². The summed E-state index contributed by atoms with van der Waals surface area (Å²) in [4.78, 5) is 20.4. The van der Waals surface area contributed by atoms with E-state index in [0.29, 0.717) is 6.54 Å². The molecule has 0 saturated heterocycles. The van der Waals surface area contributed by atoms with Gasteiger partial charge in [0.15, 0.2) is 0 Å². The van der Waals surface area contributed by atoms with E-state index in [2.05, 4.69) is 21.4 Å². The summed E-state index contributed by atoms with van der Waals surface area (Å²) in [6.45, 7) is 4.33. The maximum Gasteiger partial charge on any atom is 0.253 e. The lowest BCUT2D eigenvalue weighted by Crippen LogP contribution is -2.31. The fourth-order valence-corrected chi connectivity index (χ4v) is 4.00. The quantitative estimate of drug-likeness (QED) is 0.443. The molecule has 3 N–H and O–H groups in total. The molecule has 0 atom stereocenters. The number of nitrogens with one attached hydrogen (secondary N) is 2. The third kappa shape index (κ3) is 3.97. The summed E-state index contributed by atoms with van der Waals surface area (Å²) in [7, 11) is 0. The highest BCUT2D eigenvalue weighted by Crippen LogP contribution is 2.31. The Hall–Kier alpha value is -3.64. The number of carbonyl (C=O) groups is 1. The van der Waals surface area contributed by atoms with E-state index >= 15 is 0 Å². The van der Waals surface area contributed by atoms with Crippen LogP contribution in [-0.2, 0) is 6.42 Å². The minimum Gasteiger partial charge on any atom is -0.491 e. The Balaban J connectivity index is 1.43. The van der Waals surface area contributed by atoms with Crippen LogP contribution in [0.2, 0.25) is 0 Å². The average Bonchev–Trinajstić information content (AvgIpc) is 3.17. The molecule has 0 aliphatic carbocycles. The van der Waals surface area contributed by atoms with Gasteiger partial charge in [-0.2, -0.15) is 0 Å². The minimum atomic E-state index is -0.867. The first-order chi connectivity index (χ1) is 15.4. The second kappa shape index (κ2) is 7.80. The number of aliphatic hydroxyl groups is 1. The van der Waals surface area contributed by atoms with E-state index in [1.165, 1.54) is 0 Å². The number of ether oxygens (including phenoxy) is 1. The molecular weight excluding hydrogens is 402 g/mol. The molecule has 1 aliphatic rings. The summed E-state index contributed by atoms with van der Waals surface area (Å²) in [6.07, 6.45) is 6.65. The van der Waals surface area contributed by atoms with E-state index in [1.807, 2.05) is 54.7 Å². The van der Waals surface area contributed by atoms with Crippen molar-refractivity contribution in [2.24, 2.45) is 0 Å². The molecule has 1 aliphatic heterocycles. The van der Waals surface area contributed by atoms with E-state index in [-0.39, 0.29) is 12.5 Å². The van der Waals surface area contributed by atoms with Crippen molar-refractivity contribution in [2.75, 3.05) is 13.2 Å². The lowest BCUT2D eigenvalue weighted by molar-refractivity contribution is 0.0285. The van der Waals surface area contributed by atoms with Gasteiger partial charge in [0.25, 0.3) is 5.91 Å². The molecule has 0 radical (unpaired) electrons. The number of rotatable bonds is 5. The molecule has 0 saturated carbocycles. The number of fused-ring (bicyclic) bond motifs is 5. The van der Waals surface area contributed by atoms with Crippen LogP contribution in [0.25, 0.3) is 33.8 Å². The molecule has 2 aromatic heterocycles. The molecule has 4 aromatic rings. The molecule has 1 amide bonds. The lowest BCUT2D eigenvalue weighted by Gasteiger charge is -2.17. The zero-order chi connectivity index (χ0) is 22.3. The Morgan fingerprint density at radius 1 is 1.12 bits per heavy atom. The molecule has 0 bridgehead atoms. The number of nitrogens with zero attached hydrogens (tertiary/aromatic N) is 1. The first-order valence-electron chi connectivity index (χ1n) is 10.7. The summed E-state index contributed by atoms with van der Waals surface area (Å²) in [6, 6.07) is 13.8. The van der Waals surface area contributed by atoms with E-state index < -0.39 is 5.60 Å². The van der Waals surface area contributed by atoms with Crippen LogP contribution in [0.3, 0.4) is 0 Å². The van der Waals surface area contributed by atoms with Gasteiger partial charge in [0.2, 0.25) is 0 Å². The van der Waals surface area contributed by atoms with Crippen molar-refractivity contribution < 1.29 is 14.6 Å². The predicted molar refractivity (Wildman–Crippen MR) is 127 cm³/mol. The van der Waals surface area contributed by atoms with Crippen molar-refractivity contribution in [3.05, 3.63) is 71.2 Å². The molecule has 0 spiro atoms. The minimum absolute atomic E-state index is 0.0130. The van der Waals surface area contributed by atoms with E-state index in [0.717, 1.165) is 56.4 Å². The Bertz CT molecular complexity index is 1350. The fraction of sp³-hybridized carbons (Fsp3) is 0.231. The normalized spacial score (nSPS) is 14.2. The number of aromatic nitrogens is 2. The summed E-state index contributed by atoms with van der Waals surface area (Å²) in [5, 5.41) is 15.7.